The third-order valence-electron chi connectivity index (χ3n) is 4.43. The molecule has 0 aliphatic rings. The van der Waals surface area contributed by atoms with Crippen molar-refractivity contribution in [2.24, 2.45) is 0 Å². The zero-order valence-electron chi connectivity index (χ0n) is 15.5. The number of rotatable bonds is 5. The van der Waals surface area contributed by atoms with Gasteiger partial charge in [-0.3, -0.25) is 9.36 Å². The fraction of sp³-hybridized carbons (Fsp3) is 0.211. The van der Waals surface area contributed by atoms with Gasteiger partial charge in [0.2, 0.25) is 5.82 Å². The van der Waals surface area contributed by atoms with Crippen molar-refractivity contribution in [3.63, 3.8) is 0 Å². The lowest BCUT2D eigenvalue weighted by atomic mass is 10.1. The molecule has 0 radical (unpaired) electrons. The van der Waals surface area contributed by atoms with Crippen LogP contribution in [0.2, 0.25) is 0 Å². The number of aromatic nitrogens is 6. The molecule has 0 aliphatic carbocycles. The first kappa shape index (κ1) is 18.3. The minimum Gasteiger partial charge on any atom is -0.360 e. The van der Waals surface area contributed by atoms with Gasteiger partial charge in [0, 0.05) is 33.1 Å². The van der Waals surface area contributed by atoms with Crippen LogP contribution in [0.25, 0.3) is 17.2 Å². The van der Waals surface area contributed by atoms with Crippen molar-refractivity contribution < 1.29 is 9.32 Å². The first-order valence-electron chi connectivity index (χ1n) is 8.62. The molecule has 0 atom stereocenters. The van der Waals surface area contributed by atoms with E-state index in [9.17, 15) is 4.79 Å². The van der Waals surface area contributed by atoms with Crippen molar-refractivity contribution in [2.45, 2.75) is 27.3 Å². The number of Topliss-reactive ketones (excluding diaryl/α,β-unsaturated/α-hetero) is 1. The lowest BCUT2D eigenvalue weighted by molar-refractivity contribution is 0.0961. The molecule has 0 fully saturated rings. The summed E-state index contributed by atoms with van der Waals surface area (Å²) in [6.45, 7) is 5.63. The molecule has 0 unspecified atom stereocenters. The van der Waals surface area contributed by atoms with Gasteiger partial charge in [-0.25, -0.2) is 0 Å². The Labute approximate surface area is 169 Å². The second kappa shape index (κ2) is 7.16. The monoisotopic (exact) mass is 440 g/mol. The van der Waals surface area contributed by atoms with Crippen LogP contribution in [-0.4, -0.2) is 35.7 Å². The van der Waals surface area contributed by atoms with Gasteiger partial charge in [-0.05, 0) is 44.2 Å². The summed E-state index contributed by atoms with van der Waals surface area (Å²) in [7, 11) is 0. The third-order valence-corrected chi connectivity index (χ3v) is 5.12. The summed E-state index contributed by atoms with van der Waals surface area (Å²) in [4.78, 5) is 14.2. The van der Waals surface area contributed by atoms with Crippen LogP contribution in [0.15, 0.2) is 45.4 Å². The molecule has 0 saturated carbocycles. The maximum Gasteiger partial charge on any atom is 0.206 e. The molecule has 4 rings (SSSR count). The van der Waals surface area contributed by atoms with Crippen LogP contribution in [0.1, 0.15) is 27.5 Å². The summed E-state index contributed by atoms with van der Waals surface area (Å²) in [5.41, 5.74) is 3.11. The number of ketones is 1. The summed E-state index contributed by atoms with van der Waals surface area (Å²) in [5.74, 6) is 1.72. The van der Waals surface area contributed by atoms with Crippen molar-refractivity contribution in [2.75, 3.05) is 0 Å². The zero-order chi connectivity index (χ0) is 19.8. The highest BCUT2D eigenvalue weighted by atomic mass is 79.9. The molecule has 28 heavy (non-hydrogen) atoms. The Morgan fingerprint density at radius 3 is 2.68 bits per heavy atom. The summed E-state index contributed by atoms with van der Waals surface area (Å²) in [6.07, 6.45) is 0. The molecule has 1 aromatic carbocycles. The highest BCUT2D eigenvalue weighted by Crippen LogP contribution is 2.24. The SMILES string of the molecule is Cc1cc(-n2c(C)cc(C(=O)Cn3nnc(-c4ccccc4Br)n3)c2C)no1. The van der Waals surface area contributed by atoms with Gasteiger partial charge in [0.15, 0.2) is 11.6 Å². The van der Waals surface area contributed by atoms with Gasteiger partial charge in [-0.2, -0.15) is 4.80 Å². The molecule has 0 bridgehead atoms. The predicted molar refractivity (Wildman–Crippen MR) is 105 cm³/mol. The van der Waals surface area contributed by atoms with Crippen LogP contribution in [-0.2, 0) is 6.54 Å². The van der Waals surface area contributed by atoms with Crippen LogP contribution >= 0.6 is 15.9 Å². The van der Waals surface area contributed by atoms with Crippen LogP contribution < -0.4 is 0 Å². The lowest BCUT2D eigenvalue weighted by Crippen LogP contribution is -2.14. The van der Waals surface area contributed by atoms with Gasteiger partial charge in [-0.15, -0.1) is 10.2 Å². The highest BCUT2D eigenvalue weighted by molar-refractivity contribution is 9.10. The standard InChI is InChI=1S/C19H17BrN6O2/c1-11-8-15(13(3)26(11)18-9-12(2)28-23-18)17(27)10-25-22-19(21-24-25)14-6-4-5-7-16(14)20/h4-9H,10H2,1-3H3. The maximum atomic E-state index is 12.9. The largest absolute Gasteiger partial charge is 0.360 e. The van der Waals surface area contributed by atoms with Gasteiger partial charge in [0.25, 0.3) is 0 Å². The fourth-order valence-electron chi connectivity index (χ4n) is 3.13. The fourth-order valence-corrected chi connectivity index (χ4v) is 3.59. The van der Waals surface area contributed by atoms with Gasteiger partial charge < -0.3 is 4.52 Å². The van der Waals surface area contributed by atoms with Crippen molar-refractivity contribution >= 4 is 21.7 Å². The topological polar surface area (TPSA) is 91.6 Å². The number of benzene rings is 1. The molecule has 0 aliphatic heterocycles. The Kier molecular flexibility index (Phi) is 4.68. The van der Waals surface area contributed by atoms with E-state index >= 15 is 0 Å². The average Bonchev–Trinajstić information content (AvgIpc) is 3.35. The third kappa shape index (κ3) is 3.29. The number of carbonyl (C=O) groups excluding carboxylic acids is 1. The molecule has 3 heterocycles. The van der Waals surface area contributed by atoms with E-state index in [2.05, 4.69) is 36.5 Å². The number of tetrazole rings is 1. The van der Waals surface area contributed by atoms with E-state index in [0.29, 0.717) is 23.0 Å². The van der Waals surface area contributed by atoms with E-state index in [-0.39, 0.29) is 12.3 Å². The highest BCUT2D eigenvalue weighted by Gasteiger charge is 2.20. The summed E-state index contributed by atoms with van der Waals surface area (Å²) in [6, 6.07) is 11.3. The molecule has 9 heteroatoms. The Hall–Kier alpha value is -3.07. The molecule has 0 N–H and O–H groups in total. The summed E-state index contributed by atoms with van der Waals surface area (Å²) >= 11 is 3.47. The Balaban J connectivity index is 1.59. The van der Waals surface area contributed by atoms with E-state index in [1.165, 1.54) is 4.80 Å². The molecule has 4 aromatic rings. The normalized spacial score (nSPS) is 11.1. The molecule has 0 saturated heterocycles. The van der Waals surface area contributed by atoms with Gasteiger partial charge >= 0.3 is 0 Å². The number of carbonyl (C=O) groups is 1. The quantitative estimate of drug-likeness (QED) is 0.439. The van der Waals surface area contributed by atoms with Crippen LogP contribution in [0, 0.1) is 20.8 Å². The van der Waals surface area contributed by atoms with Crippen LogP contribution in [0.4, 0.5) is 0 Å². The summed E-state index contributed by atoms with van der Waals surface area (Å²) in [5, 5.41) is 16.5. The first-order valence-corrected chi connectivity index (χ1v) is 9.42. The average molecular weight is 441 g/mol. The molecule has 8 nitrogen and oxygen atoms in total. The number of aryl methyl sites for hydroxylation is 2. The number of halogens is 1. The van der Waals surface area contributed by atoms with Gasteiger partial charge in [-0.1, -0.05) is 33.2 Å². The maximum absolute atomic E-state index is 12.9. The van der Waals surface area contributed by atoms with E-state index in [1.54, 1.807) is 0 Å². The first-order chi connectivity index (χ1) is 13.4. The van der Waals surface area contributed by atoms with Crippen LogP contribution in [0.5, 0.6) is 0 Å². The number of nitrogens with zero attached hydrogens (tertiary/aromatic N) is 6. The van der Waals surface area contributed by atoms with Crippen molar-refractivity contribution in [1.29, 1.82) is 0 Å². The minimum absolute atomic E-state index is 0.000408. The van der Waals surface area contributed by atoms with Gasteiger partial charge in [0.1, 0.15) is 12.3 Å². The van der Waals surface area contributed by atoms with E-state index < -0.39 is 0 Å². The van der Waals surface area contributed by atoms with Crippen LogP contribution in [0.3, 0.4) is 0 Å². The van der Waals surface area contributed by atoms with Gasteiger partial charge in [0.05, 0.1) is 0 Å². The molecular formula is C19H17BrN6O2. The Morgan fingerprint density at radius 2 is 1.96 bits per heavy atom. The molecule has 3 aromatic heterocycles. The molecular weight excluding hydrogens is 424 g/mol. The minimum atomic E-state index is -0.101. The van der Waals surface area contributed by atoms with E-state index in [0.717, 1.165) is 21.4 Å². The summed E-state index contributed by atoms with van der Waals surface area (Å²) < 4.78 is 7.92. The number of hydrogen-bond donors (Lipinski definition) is 0. The predicted octanol–water partition coefficient (Wildman–Crippen LogP) is 3.69. The van der Waals surface area contributed by atoms with Crippen molar-refractivity contribution in [1.82, 2.24) is 29.9 Å². The lowest BCUT2D eigenvalue weighted by Gasteiger charge is -2.05. The molecule has 0 spiro atoms. The second-order valence-corrected chi connectivity index (χ2v) is 7.32. The molecule has 142 valence electrons. The van der Waals surface area contributed by atoms with Crippen molar-refractivity contribution in [3.8, 4) is 17.2 Å². The van der Waals surface area contributed by atoms with E-state index in [1.807, 2.05) is 61.7 Å². The van der Waals surface area contributed by atoms with Crippen molar-refractivity contribution in [3.05, 3.63) is 63.6 Å². The number of hydrogen-bond acceptors (Lipinski definition) is 6. The zero-order valence-corrected chi connectivity index (χ0v) is 17.1. The smallest absolute Gasteiger partial charge is 0.206 e. The van der Waals surface area contributed by atoms with E-state index in [4.69, 9.17) is 4.52 Å². The molecule has 0 amide bonds. The second-order valence-electron chi connectivity index (χ2n) is 6.46. The Morgan fingerprint density at radius 1 is 1.18 bits per heavy atom. The Bertz CT molecular complexity index is 1170.